The lowest BCUT2D eigenvalue weighted by Crippen LogP contribution is -2.30. The van der Waals surface area contributed by atoms with Gasteiger partial charge < -0.3 is 5.73 Å². The summed E-state index contributed by atoms with van der Waals surface area (Å²) in [6.45, 7) is 6.01. The molecule has 4 heteroatoms. The van der Waals surface area contributed by atoms with Crippen molar-refractivity contribution >= 4 is 0 Å². The van der Waals surface area contributed by atoms with Crippen LogP contribution in [-0.4, -0.2) is 34.3 Å². The van der Waals surface area contributed by atoms with E-state index in [2.05, 4.69) is 27.7 Å². The summed E-state index contributed by atoms with van der Waals surface area (Å²) in [5.74, 6) is 0. The number of hydrogen-bond donors (Lipinski definition) is 1. The van der Waals surface area contributed by atoms with Crippen LogP contribution in [0.1, 0.15) is 31.5 Å². The first-order valence-corrected chi connectivity index (χ1v) is 5.82. The van der Waals surface area contributed by atoms with E-state index < -0.39 is 0 Å². The first kappa shape index (κ1) is 10.6. The Balaban J connectivity index is 2.15. The van der Waals surface area contributed by atoms with Crippen LogP contribution < -0.4 is 5.73 Å². The monoisotopic (exact) mass is 208 g/mol. The molecular formula is C11H20N4. The highest BCUT2D eigenvalue weighted by Crippen LogP contribution is 2.30. The molecule has 84 valence electrons. The third-order valence-corrected chi connectivity index (χ3v) is 3.17. The quantitative estimate of drug-likeness (QED) is 0.803. The summed E-state index contributed by atoms with van der Waals surface area (Å²) >= 11 is 0. The van der Waals surface area contributed by atoms with Crippen LogP contribution in [0.15, 0.2) is 12.3 Å². The second kappa shape index (κ2) is 4.77. The van der Waals surface area contributed by atoms with Crippen LogP contribution in [0.25, 0.3) is 0 Å². The molecule has 2 heterocycles. The van der Waals surface area contributed by atoms with E-state index in [1.54, 1.807) is 0 Å². The van der Waals surface area contributed by atoms with E-state index in [1.807, 2.05) is 6.20 Å². The maximum Gasteiger partial charge on any atom is 0.0555 e. The lowest BCUT2D eigenvalue weighted by atomic mass is 10.1. The van der Waals surface area contributed by atoms with Crippen LogP contribution in [0.2, 0.25) is 0 Å². The van der Waals surface area contributed by atoms with Crippen LogP contribution in [0.5, 0.6) is 0 Å². The minimum absolute atomic E-state index is 0.538. The van der Waals surface area contributed by atoms with E-state index in [1.165, 1.54) is 25.1 Å². The van der Waals surface area contributed by atoms with Crippen molar-refractivity contribution in [2.24, 2.45) is 5.73 Å². The number of likely N-dealkylation sites (tertiary alicyclic amines) is 1. The molecule has 0 aromatic carbocycles. The van der Waals surface area contributed by atoms with Crippen molar-refractivity contribution < 1.29 is 0 Å². The van der Waals surface area contributed by atoms with E-state index in [4.69, 9.17) is 5.73 Å². The first-order chi connectivity index (χ1) is 7.36. The number of hydrogen-bond acceptors (Lipinski definition) is 3. The minimum atomic E-state index is 0.538. The molecular weight excluding hydrogens is 188 g/mol. The number of rotatable bonds is 4. The number of nitrogens with zero attached hydrogens (tertiary/aromatic N) is 3. The molecule has 1 unspecified atom stereocenters. The third kappa shape index (κ3) is 2.06. The van der Waals surface area contributed by atoms with E-state index in [0.717, 1.165) is 19.6 Å². The van der Waals surface area contributed by atoms with Gasteiger partial charge in [-0.2, -0.15) is 5.10 Å². The maximum atomic E-state index is 5.63. The molecule has 1 atom stereocenters. The third-order valence-electron chi connectivity index (χ3n) is 3.17. The van der Waals surface area contributed by atoms with Gasteiger partial charge in [0.2, 0.25) is 0 Å². The summed E-state index contributed by atoms with van der Waals surface area (Å²) in [6.07, 6.45) is 4.42. The number of nitrogens with two attached hydrogens (primary N) is 1. The molecule has 1 aliphatic heterocycles. The summed E-state index contributed by atoms with van der Waals surface area (Å²) < 4.78 is 2.10. The molecule has 0 spiro atoms. The highest BCUT2D eigenvalue weighted by molar-refractivity contribution is 5.09. The van der Waals surface area contributed by atoms with Gasteiger partial charge in [-0.25, -0.2) is 0 Å². The topological polar surface area (TPSA) is 47.1 Å². The van der Waals surface area contributed by atoms with Crippen LogP contribution in [-0.2, 0) is 6.54 Å². The Labute approximate surface area is 91.1 Å². The highest BCUT2D eigenvalue weighted by atomic mass is 15.3. The zero-order chi connectivity index (χ0) is 10.7. The molecule has 1 aromatic heterocycles. The van der Waals surface area contributed by atoms with Gasteiger partial charge in [-0.3, -0.25) is 9.58 Å². The Morgan fingerprint density at radius 3 is 3.20 bits per heavy atom. The van der Waals surface area contributed by atoms with Gasteiger partial charge in [0, 0.05) is 25.8 Å². The molecule has 0 saturated carbocycles. The summed E-state index contributed by atoms with van der Waals surface area (Å²) in [4.78, 5) is 2.48. The van der Waals surface area contributed by atoms with Crippen molar-refractivity contribution in [1.82, 2.24) is 14.7 Å². The average molecular weight is 208 g/mol. The Morgan fingerprint density at radius 1 is 1.60 bits per heavy atom. The number of aryl methyl sites for hydroxylation is 1. The Bertz CT molecular complexity index is 307. The molecule has 0 aliphatic carbocycles. The molecule has 0 amide bonds. The normalized spacial score (nSPS) is 22.4. The molecule has 15 heavy (non-hydrogen) atoms. The predicted molar refractivity (Wildman–Crippen MR) is 60.5 cm³/mol. The molecule has 1 aliphatic rings. The fraction of sp³-hybridized carbons (Fsp3) is 0.727. The second-order valence-corrected chi connectivity index (χ2v) is 4.05. The Morgan fingerprint density at radius 2 is 2.47 bits per heavy atom. The zero-order valence-electron chi connectivity index (χ0n) is 9.39. The van der Waals surface area contributed by atoms with Gasteiger partial charge >= 0.3 is 0 Å². The molecule has 2 rings (SSSR count). The fourth-order valence-corrected chi connectivity index (χ4v) is 2.48. The minimum Gasteiger partial charge on any atom is -0.329 e. The van der Waals surface area contributed by atoms with E-state index in [-0.39, 0.29) is 0 Å². The predicted octanol–water partition coefficient (Wildman–Crippen LogP) is 0.999. The fourth-order valence-electron chi connectivity index (χ4n) is 2.48. The molecule has 4 nitrogen and oxygen atoms in total. The van der Waals surface area contributed by atoms with Crippen LogP contribution in [0.3, 0.4) is 0 Å². The maximum absolute atomic E-state index is 5.63. The van der Waals surface area contributed by atoms with Gasteiger partial charge in [0.1, 0.15) is 0 Å². The first-order valence-electron chi connectivity index (χ1n) is 5.82. The van der Waals surface area contributed by atoms with Crippen molar-refractivity contribution in [3.63, 3.8) is 0 Å². The summed E-state index contributed by atoms with van der Waals surface area (Å²) in [5, 5.41) is 4.33. The van der Waals surface area contributed by atoms with Crippen LogP contribution in [0.4, 0.5) is 0 Å². The molecule has 2 N–H and O–H groups in total. The second-order valence-electron chi connectivity index (χ2n) is 4.05. The molecule has 1 saturated heterocycles. The smallest absolute Gasteiger partial charge is 0.0555 e. The average Bonchev–Trinajstić information content (AvgIpc) is 2.84. The van der Waals surface area contributed by atoms with Crippen molar-refractivity contribution in [2.75, 3.05) is 19.6 Å². The van der Waals surface area contributed by atoms with E-state index >= 15 is 0 Å². The highest BCUT2D eigenvalue weighted by Gasteiger charge is 2.27. The van der Waals surface area contributed by atoms with Crippen molar-refractivity contribution in [3.05, 3.63) is 18.0 Å². The van der Waals surface area contributed by atoms with Crippen molar-refractivity contribution in [3.8, 4) is 0 Å². The molecule has 0 bridgehead atoms. The molecule has 1 fully saturated rings. The Hall–Kier alpha value is -0.870. The van der Waals surface area contributed by atoms with Gasteiger partial charge in [0.25, 0.3) is 0 Å². The summed E-state index contributed by atoms with van der Waals surface area (Å²) in [5.41, 5.74) is 6.98. The number of aromatic nitrogens is 2. The standard InChI is InChI=1S/C11H20N4/c1-2-15-11(5-7-13-15)10-4-3-8-14(10)9-6-12/h5,7,10H,2-4,6,8-9,12H2,1H3. The van der Waals surface area contributed by atoms with Gasteiger partial charge in [-0.05, 0) is 32.4 Å². The largest absolute Gasteiger partial charge is 0.329 e. The molecule has 1 aromatic rings. The van der Waals surface area contributed by atoms with Gasteiger partial charge in [0.05, 0.1) is 11.7 Å². The summed E-state index contributed by atoms with van der Waals surface area (Å²) in [7, 11) is 0. The van der Waals surface area contributed by atoms with Gasteiger partial charge in [-0.15, -0.1) is 0 Å². The van der Waals surface area contributed by atoms with E-state index in [9.17, 15) is 0 Å². The van der Waals surface area contributed by atoms with Gasteiger partial charge in [0.15, 0.2) is 0 Å². The molecule has 0 radical (unpaired) electrons. The summed E-state index contributed by atoms with van der Waals surface area (Å²) in [6, 6.07) is 2.68. The lowest BCUT2D eigenvalue weighted by Gasteiger charge is -2.24. The SMILES string of the molecule is CCn1nccc1C1CCCN1CCN. The van der Waals surface area contributed by atoms with Crippen LogP contribution in [0, 0.1) is 0 Å². The van der Waals surface area contributed by atoms with Gasteiger partial charge in [-0.1, -0.05) is 0 Å². The zero-order valence-corrected chi connectivity index (χ0v) is 9.39. The van der Waals surface area contributed by atoms with Crippen LogP contribution >= 0.6 is 0 Å². The Kier molecular flexibility index (Phi) is 3.38. The van der Waals surface area contributed by atoms with Crippen molar-refractivity contribution in [1.29, 1.82) is 0 Å². The lowest BCUT2D eigenvalue weighted by molar-refractivity contribution is 0.253. The van der Waals surface area contributed by atoms with E-state index in [0.29, 0.717) is 6.04 Å². The van der Waals surface area contributed by atoms with Crippen molar-refractivity contribution in [2.45, 2.75) is 32.4 Å².